The smallest absolute Gasteiger partial charge is 0.457 e. The molecule has 0 saturated carbocycles. The maximum absolute atomic E-state index is 11.9. The number of unbranched alkanes of at least 4 members (excludes halogenated alkanes) is 17. The lowest BCUT2D eigenvalue weighted by atomic mass is 10.0. The van der Waals surface area contributed by atoms with Crippen LogP contribution in [0.25, 0.3) is 0 Å². The number of hydrogen-bond donors (Lipinski definition) is 3. The quantitative estimate of drug-likeness (QED) is 0.0373. The summed E-state index contributed by atoms with van der Waals surface area (Å²) in [4.78, 5) is 21.4. The minimum absolute atomic E-state index is 0.0734. The fourth-order valence-electron chi connectivity index (χ4n) is 4.15. The number of rotatable bonds is 29. The molecule has 1 unspecified atom stereocenters. The highest BCUT2D eigenvalue weighted by atomic mass is 31.2. The lowest BCUT2D eigenvalue weighted by Gasteiger charge is -2.17. The fraction of sp³-hybridized carbons (Fsp3) is 0.897. The average molecular weight is 564 g/mol. The van der Waals surface area contributed by atoms with Crippen molar-refractivity contribution in [2.24, 2.45) is 5.73 Å². The zero-order valence-corrected chi connectivity index (χ0v) is 25.1. The van der Waals surface area contributed by atoms with Gasteiger partial charge in [0.05, 0.1) is 19.8 Å². The Morgan fingerprint density at radius 2 is 1.26 bits per heavy atom. The van der Waals surface area contributed by atoms with Crippen LogP contribution in [0.2, 0.25) is 0 Å². The molecule has 0 aliphatic rings. The number of hydrogen-bond acceptors (Lipinski definition) is 7. The molecule has 0 aromatic rings. The van der Waals surface area contributed by atoms with E-state index in [2.05, 4.69) is 23.6 Å². The van der Waals surface area contributed by atoms with Crippen LogP contribution in [0.4, 0.5) is 0 Å². The van der Waals surface area contributed by atoms with Crippen molar-refractivity contribution in [1.82, 2.24) is 0 Å². The average Bonchev–Trinajstić information content (AvgIpc) is 2.90. The highest BCUT2D eigenvalue weighted by Gasteiger charge is 2.24. The fourth-order valence-corrected chi connectivity index (χ4v) is 4.92. The summed E-state index contributed by atoms with van der Waals surface area (Å²) in [6.45, 7) is 1.29. The van der Waals surface area contributed by atoms with Gasteiger partial charge in [0.15, 0.2) is 0 Å². The van der Waals surface area contributed by atoms with Gasteiger partial charge in [-0.25, -0.2) is 4.57 Å². The monoisotopic (exact) mass is 563 g/mol. The van der Waals surface area contributed by atoms with Gasteiger partial charge in [-0.3, -0.25) is 13.8 Å². The Kier molecular flexibility index (Phi) is 27.2. The summed E-state index contributed by atoms with van der Waals surface area (Å²) in [5.74, 6) is -0.448. The van der Waals surface area contributed by atoms with Crippen molar-refractivity contribution in [1.29, 1.82) is 0 Å². The Balaban J connectivity index is 3.47. The van der Waals surface area contributed by atoms with Crippen LogP contribution in [0.3, 0.4) is 0 Å². The Morgan fingerprint density at radius 3 is 1.74 bits per heavy atom. The summed E-state index contributed by atoms with van der Waals surface area (Å²) in [5, 5.41) is 9.30. The van der Waals surface area contributed by atoms with E-state index >= 15 is 0 Å². The van der Waals surface area contributed by atoms with Gasteiger partial charge in [-0.1, -0.05) is 109 Å². The second kappa shape index (κ2) is 27.8. The molecule has 0 radical (unpaired) electrons. The van der Waals surface area contributed by atoms with Gasteiger partial charge in [0.25, 0.3) is 0 Å². The van der Waals surface area contributed by atoms with Crippen LogP contribution >= 0.6 is 7.82 Å². The van der Waals surface area contributed by atoms with Crippen LogP contribution in [-0.2, 0) is 23.1 Å². The molecule has 0 bridgehead atoms. The van der Waals surface area contributed by atoms with Gasteiger partial charge in [-0.2, -0.15) is 0 Å². The van der Waals surface area contributed by atoms with Gasteiger partial charge in [-0.05, 0) is 32.1 Å². The maximum Gasteiger partial charge on any atom is 0.472 e. The molecule has 0 fully saturated rings. The highest BCUT2D eigenvalue weighted by Crippen LogP contribution is 2.42. The molecule has 0 spiro atoms. The van der Waals surface area contributed by atoms with Crippen molar-refractivity contribution < 1.29 is 33.1 Å². The third kappa shape index (κ3) is 26.8. The molecule has 2 atom stereocenters. The first-order valence-electron chi connectivity index (χ1n) is 15.2. The number of allylic oxidation sites excluding steroid dienone is 2. The number of aliphatic hydroxyl groups excluding tert-OH is 1. The zero-order chi connectivity index (χ0) is 28.2. The van der Waals surface area contributed by atoms with Crippen LogP contribution in [0.1, 0.15) is 135 Å². The summed E-state index contributed by atoms with van der Waals surface area (Å²) >= 11 is 0. The Morgan fingerprint density at radius 1 is 0.789 bits per heavy atom. The molecular formula is C29H58NO7P. The first-order valence-corrected chi connectivity index (χ1v) is 16.7. The summed E-state index contributed by atoms with van der Waals surface area (Å²) in [6, 6.07) is 0. The summed E-state index contributed by atoms with van der Waals surface area (Å²) in [5.41, 5.74) is 5.21. The van der Waals surface area contributed by atoms with E-state index in [1.807, 2.05) is 0 Å². The standard InChI is InChI=1S/C29H58NO7P/c1-2-3-4-5-6-7-8-9-10-11-12-13-14-15-16-17-18-19-20-21-22-23-29(32)37-28(26-31)27-36-38(33,34)35-25-24-30/h9-10,28,31H,2-8,11-27,30H2,1H3,(H,33,34)/t28-/m1/s1. The second-order valence-electron chi connectivity index (χ2n) is 10.1. The number of ether oxygens (including phenoxy) is 1. The van der Waals surface area contributed by atoms with Crippen molar-refractivity contribution in [3.63, 3.8) is 0 Å². The van der Waals surface area contributed by atoms with E-state index < -0.39 is 33.1 Å². The molecule has 4 N–H and O–H groups in total. The minimum atomic E-state index is -4.26. The molecule has 0 aliphatic heterocycles. The molecule has 226 valence electrons. The zero-order valence-electron chi connectivity index (χ0n) is 24.2. The van der Waals surface area contributed by atoms with Crippen LogP contribution in [0.15, 0.2) is 12.2 Å². The van der Waals surface area contributed by atoms with E-state index in [-0.39, 0.29) is 19.6 Å². The number of phosphoric acid groups is 1. The van der Waals surface area contributed by atoms with Gasteiger partial charge in [0.2, 0.25) is 0 Å². The van der Waals surface area contributed by atoms with E-state index in [1.54, 1.807) is 0 Å². The molecule has 8 nitrogen and oxygen atoms in total. The number of carbonyl (C=O) groups is 1. The molecule has 0 heterocycles. The second-order valence-corrected chi connectivity index (χ2v) is 11.6. The van der Waals surface area contributed by atoms with Crippen LogP contribution in [0, 0.1) is 0 Å². The topological polar surface area (TPSA) is 128 Å². The summed E-state index contributed by atoms with van der Waals surface area (Å²) < 4.78 is 26.0. The summed E-state index contributed by atoms with van der Waals surface area (Å²) in [7, 11) is -4.26. The van der Waals surface area contributed by atoms with Gasteiger partial charge >= 0.3 is 13.8 Å². The van der Waals surface area contributed by atoms with Crippen LogP contribution < -0.4 is 5.73 Å². The molecule has 9 heteroatoms. The molecular weight excluding hydrogens is 505 g/mol. The SMILES string of the molecule is CCCCCCCCC=CCCCCCCCCCCCCCC(=O)O[C@H](CO)COP(=O)(O)OCCN. The minimum Gasteiger partial charge on any atom is -0.457 e. The van der Waals surface area contributed by atoms with Gasteiger partial charge in [-0.15, -0.1) is 0 Å². The predicted octanol–water partition coefficient (Wildman–Crippen LogP) is 7.36. The Labute approximate surface area is 232 Å². The highest BCUT2D eigenvalue weighted by molar-refractivity contribution is 7.47. The molecule has 0 aromatic carbocycles. The molecule has 0 amide bonds. The van der Waals surface area contributed by atoms with Gasteiger partial charge in [0.1, 0.15) is 6.10 Å². The first-order chi connectivity index (χ1) is 18.4. The number of aliphatic hydroxyl groups is 1. The van der Waals surface area contributed by atoms with Gasteiger partial charge in [0, 0.05) is 13.0 Å². The molecule has 0 aromatic heterocycles. The Hall–Kier alpha value is -0.760. The summed E-state index contributed by atoms with van der Waals surface area (Å²) in [6.07, 6.45) is 27.8. The number of esters is 1. The number of carbonyl (C=O) groups excluding carboxylic acids is 1. The van der Waals surface area contributed by atoms with Crippen LogP contribution in [0.5, 0.6) is 0 Å². The largest absolute Gasteiger partial charge is 0.472 e. The van der Waals surface area contributed by atoms with Gasteiger partial charge < -0.3 is 20.5 Å². The third-order valence-corrected chi connectivity index (χ3v) is 7.42. The lowest BCUT2D eigenvalue weighted by molar-refractivity contribution is -0.153. The van der Waals surface area contributed by atoms with Crippen LogP contribution in [-0.4, -0.2) is 48.4 Å². The third-order valence-electron chi connectivity index (χ3n) is 6.44. The lowest BCUT2D eigenvalue weighted by Crippen LogP contribution is -2.27. The molecule has 0 aliphatic carbocycles. The Bertz CT molecular complexity index is 603. The predicted molar refractivity (Wildman–Crippen MR) is 155 cm³/mol. The van der Waals surface area contributed by atoms with Crippen molar-refractivity contribution in [3.05, 3.63) is 12.2 Å². The molecule has 0 rings (SSSR count). The first kappa shape index (κ1) is 37.2. The maximum atomic E-state index is 11.9. The number of nitrogens with two attached hydrogens (primary N) is 1. The van der Waals surface area contributed by atoms with Crippen molar-refractivity contribution in [2.45, 2.75) is 141 Å². The van der Waals surface area contributed by atoms with E-state index in [0.29, 0.717) is 0 Å². The van der Waals surface area contributed by atoms with E-state index in [1.165, 1.54) is 103 Å². The van der Waals surface area contributed by atoms with Crippen molar-refractivity contribution >= 4 is 13.8 Å². The molecule has 0 saturated heterocycles. The molecule has 38 heavy (non-hydrogen) atoms. The van der Waals surface area contributed by atoms with E-state index in [0.717, 1.165) is 19.3 Å². The number of phosphoric ester groups is 1. The van der Waals surface area contributed by atoms with Crippen molar-refractivity contribution in [3.8, 4) is 0 Å². The van der Waals surface area contributed by atoms with Crippen molar-refractivity contribution in [2.75, 3.05) is 26.4 Å². The normalized spacial score (nSPS) is 14.1. The van der Waals surface area contributed by atoms with E-state index in [9.17, 15) is 19.4 Å². The van der Waals surface area contributed by atoms with E-state index in [4.69, 9.17) is 15.0 Å².